The number of likely N-dealkylation sites (tertiary alicyclic amines) is 1. The van der Waals surface area contributed by atoms with Crippen LogP contribution < -0.4 is 10.5 Å². The highest BCUT2D eigenvalue weighted by molar-refractivity contribution is 7.71. The monoisotopic (exact) mass is 420 g/mol. The molecule has 6 nitrogen and oxygen atoms in total. The predicted octanol–water partition coefficient (Wildman–Crippen LogP) is 2.81. The minimum Gasteiger partial charge on any atom is -0.316 e. The summed E-state index contributed by atoms with van der Waals surface area (Å²) in [6.07, 6.45) is 3.79. The summed E-state index contributed by atoms with van der Waals surface area (Å²) in [7, 11) is 0. The van der Waals surface area contributed by atoms with Crippen molar-refractivity contribution in [1.82, 2.24) is 18.7 Å². The van der Waals surface area contributed by atoms with E-state index in [2.05, 4.69) is 0 Å². The number of benzene rings is 2. The maximum absolute atomic E-state index is 13.6. The van der Waals surface area contributed by atoms with Gasteiger partial charge in [0.05, 0.1) is 29.7 Å². The van der Waals surface area contributed by atoms with Gasteiger partial charge in [-0.15, -0.1) is 5.10 Å². The number of piperidine rings is 1. The molecule has 3 heterocycles. The molecule has 154 valence electrons. The molecule has 0 unspecified atom stereocenters. The molecule has 0 amide bonds. The molecule has 0 saturated carbocycles. The third kappa shape index (κ3) is 3.00. The van der Waals surface area contributed by atoms with Crippen molar-refractivity contribution in [3.8, 4) is 5.69 Å². The average Bonchev–Trinajstić information content (AvgIpc) is 3.07. The molecule has 7 heteroatoms. The molecule has 1 aliphatic rings. The average molecular weight is 421 g/mol. The standard InChI is InChI=1S/C23H25N5OS/c1-16-9-8-10-17(2)20(16)28-21(29)18-11-4-5-12-19(18)27-22(28)24-26(23(27)30)15-25-13-6-3-7-14-25/h4-5,8-12H,3,6-7,13-15H2,1-2H3/p+1. The van der Waals surface area contributed by atoms with Gasteiger partial charge in [-0.25, -0.2) is 4.57 Å². The Kier molecular flexibility index (Phi) is 4.79. The zero-order valence-corrected chi connectivity index (χ0v) is 18.2. The molecule has 1 aliphatic heterocycles. The fraction of sp³-hybridized carbons (Fsp3) is 0.348. The van der Waals surface area contributed by atoms with Crippen LogP contribution in [0.15, 0.2) is 47.3 Å². The second-order valence-corrected chi connectivity index (χ2v) is 8.65. The van der Waals surface area contributed by atoms with Crippen LogP contribution in [0.2, 0.25) is 0 Å². The lowest BCUT2D eigenvalue weighted by molar-refractivity contribution is -0.928. The van der Waals surface area contributed by atoms with Crippen LogP contribution in [0.5, 0.6) is 0 Å². The first kappa shape index (κ1) is 19.2. The Labute approximate surface area is 180 Å². The molecule has 2 aromatic carbocycles. The molecule has 0 spiro atoms. The van der Waals surface area contributed by atoms with Crippen molar-refractivity contribution >= 4 is 28.9 Å². The number of hydrogen-bond donors (Lipinski definition) is 1. The number of aryl methyl sites for hydroxylation is 2. The third-order valence-corrected chi connectivity index (χ3v) is 6.59. The fourth-order valence-electron chi connectivity index (χ4n) is 4.70. The molecule has 30 heavy (non-hydrogen) atoms. The fourth-order valence-corrected chi connectivity index (χ4v) is 4.98. The molecule has 2 aromatic heterocycles. The van der Waals surface area contributed by atoms with Crippen LogP contribution in [0.4, 0.5) is 0 Å². The molecule has 1 fully saturated rings. The van der Waals surface area contributed by atoms with Crippen molar-refractivity contribution < 1.29 is 4.90 Å². The maximum Gasteiger partial charge on any atom is 0.267 e. The van der Waals surface area contributed by atoms with Gasteiger partial charge < -0.3 is 4.90 Å². The summed E-state index contributed by atoms with van der Waals surface area (Å²) in [5.41, 5.74) is 3.71. The van der Waals surface area contributed by atoms with Crippen LogP contribution in [0.1, 0.15) is 30.4 Å². The van der Waals surface area contributed by atoms with E-state index in [1.807, 2.05) is 65.4 Å². The van der Waals surface area contributed by atoms with E-state index in [0.29, 0.717) is 15.9 Å². The summed E-state index contributed by atoms with van der Waals surface area (Å²) in [5.74, 6) is 0.581. The smallest absolute Gasteiger partial charge is 0.267 e. The number of quaternary nitrogens is 1. The number of hydrogen-bond acceptors (Lipinski definition) is 3. The molecule has 5 rings (SSSR count). The SMILES string of the molecule is Cc1cccc(C)c1-n1c(=O)c2ccccc2n2c(=S)n(C[NH+]3CCCCC3)nc12. The number of nitrogens with one attached hydrogen (secondary N) is 1. The number of para-hydroxylation sites is 2. The van der Waals surface area contributed by atoms with Crippen molar-refractivity contribution in [2.24, 2.45) is 0 Å². The largest absolute Gasteiger partial charge is 0.316 e. The van der Waals surface area contributed by atoms with E-state index in [9.17, 15) is 4.79 Å². The number of aromatic nitrogens is 4. The van der Waals surface area contributed by atoms with E-state index in [4.69, 9.17) is 17.3 Å². The minimum atomic E-state index is -0.0621. The molecule has 4 aromatic rings. The van der Waals surface area contributed by atoms with Crippen LogP contribution in [0.3, 0.4) is 0 Å². The van der Waals surface area contributed by atoms with Crippen LogP contribution >= 0.6 is 12.2 Å². The van der Waals surface area contributed by atoms with E-state index in [0.717, 1.165) is 42.1 Å². The molecular formula is C23H26N5OS+. The van der Waals surface area contributed by atoms with Crippen LogP contribution in [0, 0.1) is 18.6 Å². The minimum absolute atomic E-state index is 0.0621. The first-order valence-electron chi connectivity index (χ1n) is 10.6. The molecule has 0 bridgehead atoms. The summed E-state index contributed by atoms with van der Waals surface area (Å²) < 4.78 is 6.24. The van der Waals surface area contributed by atoms with E-state index < -0.39 is 0 Å². The summed E-state index contributed by atoms with van der Waals surface area (Å²) in [5, 5.41) is 5.54. The molecule has 0 radical (unpaired) electrons. The van der Waals surface area contributed by atoms with Crippen molar-refractivity contribution in [3.05, 3.63) is 68.7 Å². The summed E-state index contributed by atoms with van der Waals surface area (Å²) in [6, 6.07) is 13.7. The Bertz CT molecular complexity index is 1350. The third-order valence-electron chi connectivity index (χ3n) is 6.20. The lowest BCUT2D eigenvalue weighted by Crippen LogP contribution is -3.12. The number of rotatable bonds is 3. The highest BCUT2D eigenvalue weighted by Gasteiger charge is 2.21. The van der Waals surface area contributed by atoms with Gasteiger partial charge in [0, 0.05) is 0 Å². The van der Waals surface area contributed by atoms with Crippen LogP contribution in [-0.4, -0.2) is 31.8 Å². The second kappa shape index (κ2) is 7.49. The summed E-state index contributed by atoms with van der Waals surface area (Å²) in [6.45, 7) is 7.07. The van der Waals surface area contributed by atoms with Gasteiger partial charge in [0.25, 0.3) is 5.56 Å². The van der Waals surface area contributed by atoms with Crippen molar-refractivity contribution in [1.29, 1.82) is 0 Å². The highest BCUT2D eigenvalue weighted by Crippen LogP contribution is 2.22. The number of fused-ring (bicyclic) bond motifs is 3. The lowest BCUT2D eigenvalue weighted by atomic mass is 10.1. The van der Waals surface area contributed by atoms with Gasteiger partial charge in [-0.3, -0.25) is 9.20 Å². The maximum atomic E-state index is 13.6. The summed E-state index contributed by atoms with van der Waals surface area (Å²) in [4.78, 5) is 15.1. The van der Waals surface area contributed by atoms with Gasteiger partial charge in [-0.2, -0.15) is 4.68 Å². The summed E-state index contributed by atoms with van der Waals surface area (Å²) >= 11 is 5.88. The predicted molar refractivity (Wildman–Crippen MR) is 121 cm³/mol. The van der Waals surface area contributed by atoms with Gasteiger partial charge in [0.1, 0.15) is 0 Å². The molecular weight excluding hydrogens is 394 g/mol. The van der Waals surface area contributed by atoms with Crippen molar-refractivity contribution in [2.75, 3.05) is 13.1 Å². The molecule has 0 aliphatic carbocycles. The van der Waals surface area contributed by atoms with Gasteiger partial charge in [-0.1, -0.05) is 30.3 Å². The van der Waals surface area contributed by atoms with E-state index in [-0.39, 0.29) is 5.56 Å². The topological polar surface area (TPSA) is 48.7 Å². The Balaban J connectivity index is 1.85. The molecule has 0 atom stereocenters. The van der Waals surface area contributed by atoms with Gasteiger partial charge in [0.2, 0.25) is 10.5 Å². The van der Waals surface area contributed by atoms with Crippen LogP contribution in [0.25, 0.3) is 22.4 Å². The highest BCUT2D eigenvalue weighted by atomic mass is 32.1. The molecule has 1 N–H and O–H groups in total. The van der Waals surface area contributed by atoms with Gasteiger partial charge in [0.15, 0.2) is 6.67 Å². The zero-order chi connectivity index (χ0) is 20.8. The number of nitrogens with zero attached hydrogens (tertiary/aromatic N) is 4. The Morgan fingerprint density at radius 1 is 1.00 bits per heavy atom. The van der Waals surface area contributed by atoms with Crippen LogP contribution in [-0.2, 0) is 6.67 Å². The second-order valence-electron chi connectivity index (χ2n) is 8.28. The van der Waals surface area contributed by atoms with E-state index >= 15 is 0 Å². The molecule has 1 saturated heterocycles. The van der Waals surface area contributed by atoms with Gasteiger partial charge in [-0.05, 0) is 68.6 Å². The van der Waals surface area contributed by atoms with Crippen molar-refractivity contribution in [3.63, 3.8) is 0 Å². The lowest BCUT2D eigenvalue weighted by Gasteiger charge is -2.22. The zero-order valence-electron chi connectivity index (χ0n) is 17.4. The first-order valence-corrected chi connectivity index (χ1v) is 11.0. The Morgan fingerprint density at radius 3 is 2.43 bits per heavy atom. The van der Waals surface area contributed by atoms with E-state index in [1.165, 1.54) is 24.2 Å². The van der Waals surface area contributed by atoms with Crippen molar-refractivity contribution in [2.45, 2.75) is 39.8 Å². The quantitative estimate of drug-likeness (QED) is 0.519. The van der Waals surface area contributed by atoms with E-state index in [1.54, 1.807) is 4.57 Å². The normalized spacial score (nSPS) is 15.3. The Morgan fingerprint density at radius 2 is 1.70 bits per heavy atom. The van der Waals surface area contributed by atoms with Gasteiger partial charge >= 0.3 is 0 Å². The first-order chi connectivity index (χ1) is 14.6. The Hall–Kier alpha value is -2.77.